The Balaban J connectivity index is 1.98. The maximum Gasteiger partial charge on any atom is 0.238 e. The topological polar surface area (TPSA) is 78.0 Å². The summed E-state index contributed by atoms with van der Waals surface area (Å²) in [5.41, 5.74) is 3.49. The van der Waals surface area contributed by atoms with Gasteiger partial charge in [-0.15, -0.1) is 0 Å². The highest BCUT2D eigenvalue weighted by molar-refractivity contribution is 9.10. The molecule has 0 spiro atoms. The lowest BCUT2D eigenvalue weighted by Gasteiger charge is -2.07. The van der Waals surface area contributed by atoms with Crippen LogP contribution in [0.15, 0.2) is 58.0 Å². The highest BCUT2D eigenvalue weighted by Crippen LogP contribution is 2.33. The van der Waals surface area contributed by atoms with Crippen LogP contribution < -0.4 is 5.14 Å². The molecular formula is C16H13BrClN3O2S. The van der Waals surface area contributed by atoms with Crippen LogP contribution >= 0.6 is 27.5 Å². The molecule has 0 amide bonds. The lowest BCUT2D eigenvalue weighted by Crippen LogP contribution is -2.12. The first kappa shape index (κ1) is 17.2. The van der Waals surface area contributed by atoms with Gasteiger partial charge < -0.3 is 0 Å². The minimum Gasteiger partial charge on any atom is -0.240 e. The van der Waals surface area contributed by atoms with Crippen molar-refractivity contribution >= 4 is 37.6 Å². The van der Waals surface area contributed by atoms with E-state index >= 15 is 0 Å². The van der Waals surface area contributed by atoms with Crippen molar-refractivity contribution in [2.45, 2.75) is 11.8 Å². The highest BCUT2D eigenvalue weighted by Gasteiger charge is 2.12. The van der Waals surface area contributed by atoms with Gasteiger partial charge in [0.05, 0.1) is 21.3 Å². The normalized spacial score (nSPS) is 11.7. The molecule has 3 rings (SSSR count). The molecule has 2 N–H and O–H groups in total. The van der Waals surface area contributed by atoms with Gasteiger partial charge in [-0.25, -0.2) is 18.2 Å². The summed E-state index contributed by atoms with van der Waals surface area (Å²) in [5, 5.41) is 10.3. The van der Waals surface area contributed by atoms with Crippen LogP contribution in [0, 0.1) is 6.92 Å². The fourth-order valence-corrected chi connectivity index (χ4v) is 3.40. The standard InChI is InChI=1S/C16H13BrClN3O2S/c1-10-13(6-7-14(18)16(10)17)15-8-9-21(20-15)11-2-4-12(5-3-11)24(19,22)23/h2-9H,1H3,(H2,19,22,23). The molecule has 1 heterocycles. The maximum atomic E-state index is 11.3. The van der Waals surface area contributed by atoms with Crippen molar-refractivity contribution < 1.29 is 8.42 Å². The van der Waals surface area contributed by atoms with Crippen LogP contribution in [0.1, 0.15) is 5.56 Å². The van der Waals surface area contributed by atoms with Crippen molar-refractivity contribution in [2.75, 3.05) is 0 Å². The predicted octanol–water partition coefficient (Wildman–Crippen LogP) is 3.91. The zero-order valence-corrected chi connectivity index (χ0v) is 15.7. The van der Waals surface area contributed by atoms with Gasteiger partial charge >= 0.3 is 0 Å². The van der Waals surface area contributed by atoms with Crippen molar-refractivity contribution in [1.29, 1.82) is 0 Å². The molecule has 0 unspecified atom stereocenters. The van der Waals surface area contributed by atoms with E-state index < -0.39 is 10.0 Å². The first-order valence-corrected chi connectivity index (χ1v) is 9.63. The van der Waals surface area contributed by atoms with Crippen LogP contribution in [0.25, 0.3) is 16.9 Å². The molecule has 0 atom stereocenters. The molecule has 124 valence electrons. The molecule has 0 saturated carbocycles. The molecule has 5 nitrogen and oxygen atoms in total. The lowest BCUT2D eigenvalue weighted by molar-refractivity contribution is 0.598. The summed E-state index contributed by atoms with van der Waals surface area (Å²) in [6.45, 7) is 1.96. The second-order valence-corrected chi connectivity index (χ2v) is 7.98. The largest absolute Gasteiger partial charge is 0.240 e. The summed E-state index contributed by atoms with van der Waals surface area (Å²) < 4.78 is 25.1. The average Bonchev–Trinajstić information content (AvgIpc) is 3.02. The average molecular weight is 427 g/mol. The predicted molar refractivity (Wildman–Crippen MR) is 97.8 cm³/mol. The fraction of sp³-hybridized carbons (Fsp3) is 0.0625. The van der Waals surface area contributed by atoms with Gasteiger partial charge in [-0.3, -0.25) is 0 Å². The number of hydrogen-bond acceptors (Lipinski definition) is 3. The van der Waals surface area contributed by atoms with E-state index in [0.29, 0.717) is 5.02 Å². The fourth-order valence-electron chi connectivity index (χ4n) is 2.33. The Bertz CT molecular complexity index is 1010. The lowest BCUT2D eigenvalue weighted by atomic mass is 10.1. The summed E-state index contributed by atoms with van der Waals surface area (Å²) in [6.07, 6.45) is 1.81. The van der Waals surface area contributed by atoms with Crippen molar-refractivity contribution in [2.24, 2.45) is 5.14 Å². The third-order valence-corrected chi connectivity index (χ3v) is 6.13. The highest BCUT2D eigenvalue weighted by atomic mass is 79.9. The van der Waals surface area contributed by atoms with Gasteiger partial charge in [0.2, 0.25) is 10.0 Å². The Kier molecular flexibility index (Phi) is 4.52. The Morgan fingerprint density at radius 2 is 1.79 bits per heavy atom. The molecule has 2 aromatic carbocycles. The number of primary sulfonamides is 1. The summed E-state index contributed by atoms with van der Waals surface area (Å²) in [4.78, 5) is 0.0658. The van der Waals surface area contributed by atoms with E-state index in [4.69, 9.17) is 16.7 Å². The number of hydrogen-bond donors (Lipinski definition) is 1. The van der Waals surface area contributed by atoms with Crippen LogP contribution in [0.4, 0.5) is 0 Å². The summed E-state index contributed by atoms with van der Waals surface area (Å²) in [7, 11) is -3.70. The monoisotopic (exact) mass is 425 g/mol. The molecular weight excluding hydrogens is 414 g/mol. The third kappa shape index (κ3) is 3.25. The van der Waals surface area contributed by atoms with Crippen LogP contribution in [0.2, 0.25) is 5.02 Å². The van der Waals surface area contributed by atoms with E-state index in [1.807, 2.05) is 31.3 Å². The van der Waals surface area contributed by atoms with Crippen molar-refractivity contribution in [3.63, 3.8) is 0 Å². The van der Waals surface area contributed by atoms with E-state index in [0.717, 1.165) is 27.0 Å². The number of rotatable bonds is 3. The Morgan fingerprint density at radius 1 is 1.12 bits per heavy atom. The second-order valence-electron chi connectivity index (χ2n) is 5.22. The number of benzene rings is 2. The molecule has 24 heavy (non-hydrogen) atoms. The molecule has 0 fully saturated rings. The number of aromatic nitrogens is 2. The van der Waals surface area contributed by atoms with E-state index in [1.165, 1.54) is 12.1 Å². The molecule has 0 saturated heterocycles. The zero-order valence-electron chi connectivity index (χ0n) is 12.6. The number of nitrogens with zero attached hydrogens (tertiary/aromatic N) is 2. The van der Waals surface area contributed by atoms with Crippen molar-refractivity contribution in [1.82, 2.24) is 9.78 Å². The molecule has 8 heteroatoms. The second kappa shape index (κ2) is 6.33. The van der Waals surface area contributed by atoms with Gasteiger partial charge in [0.15, 0.2) is 0 Å². The van der Waals surface area contributed by atoms with Crippen LogP contribution in [-0.2, 0) is 10.0 Å². The quantitative estimate of drug-likeness (QED) is 0.689. The van der Waals surface area contributed by atoms with Crippen molar-refractivity contribution in [3.05, 3.63) is 63.7 Å². The van der Waals surface area contributed by atoms with Crippen LogP contribution in [0.3, 0.4) is 0 Å². The minimum atomic E-state index is -3.70. The first-order chi connectivity index (χ1) is 11.3. The molecule has 3 aromatic rings. The van der Waals surface area contributed by atoms with E-state index in [-0.39, 0.29) is 4.90 Å². The van der Waals surface area contributed by atoms with E-state index in [2.05, 4.69) is 21.0 Å². The molecule has 1 aromatic heterocycles. The number of halogens is 2. The third-order valence-electron chi connectivity index (χ3n) is 3.63. The SMILES string of the molecule is Cc1c(-c2ccn(-c3ccc(S(N)(=O)=O)cc3)n2)ccc(Cl)c1Br. The molecule has 0 radical (unpaired) electrons. The smallest absolute Gasteiger partial charge is 0.238 e. The number of nitrogens with two attached hydrogens (primary N) is 1. The summed E-state index contributed by atoms with van der Waals surface area (Å²) in [5.74, 6) is 0. The summed E-state index contributed by atoms with van der Waals surface area (Å²) in [6, 6.07) is 11.8. The molecule has 0 aliphatic heterocycles. The van der Waals surface area contributed by atoms with Crippen LogP contribution in [0.5, 0.6) is 0 Å². The Morgan fingerprint density at radius 3 is 2.42 bits per heavy atom. The Hall–Kier alpha value is -1.67. The first-order valence-electron chi connectivity index (χ1n) is 6.91. The summed E-state index contributed by atoms with van der Waals surface area (Å²) >= 11 is 9.56. The molecule has 0 bridgehead atoms. The Labute approximate surface area is 153 Å². The molecule has 0 aliphatic carbocycles. The van der Waals surface area contributed by atoms with Crippen LogP contribution in [-0.4, -0.2) is 18.2 Å². The van der Waals surface area contributed by atoms with Gasteiger partial charge in [-0.2, -0.15) is 5.10 Å². The minimum absolute atomic E-state index is 0.0658. The zero-order chi connectivity index (χ0) is 17.5. The van der Waals surface area contributed by atoms with Gasteiger partial charge in [0, 0.05) is 16.2 Å². The maximum absolute atomic E-state index is 11.3. The van der Waals surface area contributed by atoms with Gasteiger partial charge in [-0.1, -0.05) is 17.7 Å². The van der Waals surface area contributed by atoms with Gasteiger partial charge in [0.1, 0.15) is 0 Å². The van der Waals surface area contributed by atoms with Gasteiger partial charge in [0.25, 0.3) is 0 Å². The van der Waals surface area contributed by atoms with Gasteiger partial charge in [-0.05, 0) is 64.8 Å². The van der Waals surface area contributed by atoms with E-state index in [1.54, 1.807) is 16.8 Å². The number of sulfonamides is 1. The van der Waals surface area contributed by atoms with E-state index in [9.17, 15) is 8.42 Å². The molecule has 0 aliphatic rings. The van der Waals surface area contributed by atoms with Crippen molar-refractivity contribution in [3.8, 4) is 16.9 Å².